The average molecular weight is 218 g/mol. The molecule has 1 unspecified atom stereocenters. The molecule has 0 aliphatic rings. The molecule has 1 aromatic carbocycles. The molecule has 0 spiro atoms. The Labute approximate surface area is 94.3 Å². The predicted molar refractivity (Wildman–Crippen MR) is 60.4 cm³/mol. The maximum Gasteiger partial charge on any atom is 0.119 e. The average Bonchev–Trinajstić information content (AvgIpc) is 2.83. The number of aliphatic hydroxyl groups excluding tert-OH is 1. The van der Waals surface area contributed by atoms with Crippen molar-refractivity contribution in [1.82, 2.24) is 0 Å². The van der Waals surface area contributed by atoms with Gasteiger partial charge in [0.15, 0.2) is 0 Å². The number of methoxy groups -OCH3 is 1. The van der Waals surface area contributed by atoms with E-state index in [2.05, 4.69) is 0 Å². The fraction of sp³-hybridized carbons (Fsp3) is 0.231. The first-order valence-electron chi connectivity index (χ1n) is 5.12. The minimum absolute atomic E-state index is 0.536. The van der Waals surface area contributed by atoms with E-state index in [0.29, 0.717) is 6.42 Å². The van der Waals surface area contributed by atoms with Gasteiger partial charge in [-0.2, -0.15) is 0 Å². The van der Waals surface area contributed by atoms with Crippen molar-refractivity contribution in [1.29, 1.82) is 0 Å². The summed E-state index contributed by atoms with van der Waals surface area (Å²) in [6.07, 6.45) is 3.14. The van der Waals surface area contributed by atoms with Crippen molar-refractivity contribution in [2.75, 3.05) is 7.11 Å². The molecule has 3 nitrogen and oxygen atoms in total. The predicted octanol–water partition coefficient (Wildman–Crippen LogP) is 2.56. The van der Waals surface area contributed by atoms with Gasteiger partial charge in [0.25, 0.3) is 0 Å². The van der Waals surface area contributed by atoms with Gasteiger partial charge in [0.1, 0.15) is 5.75 Å². The summed E-state index contributed by atoms with van der Waals surface area (Å²) in [4.78, 5) is 0. The number of ether oxygens (including phenoxy) is 1. The van der Waals surface area contributed by atoms with Gasteiger partial charge in [-0.25, -0.2) is 0 Å². The van der Waals surface area contributed by atoms with Crippen molar-refractivity contribution < 1.29 is 14.3 Å². The molecule has 1 heterocycles. The number of hydrogen-bond acceptors (Lipinski definition) is 3. The highest BCUT2D eigenvalue weighted by Crippen LogP contribution is 2.21. The van der Waals surface area contributed by atoms with E-state index in [9.17, 15) is 5.11 Å². The van der Waals surface area contributed by atoms with Gasteiger partial charge in [-0.15, -0.1) is 0 Å². The van der Waals surface area contributed by atoms with Crippen LogP contribution >= 0.6 is 0 Å². The van der Waals surface area contributed by atoms with Gasteiger partial charge in [-0.3, -0.25) is 0 Å². The number of aliphatic hydroxyl groups is 1. The van der Waals surface area contributed by atoms with Crippen molar-refractivity contribution in [2.45, 2.75) is 12.5 Å². The van der Waals surface area contributed by atoms with Gasteiger partial charge in [0, 0.05) is 12.0 Å². The smallest absolute Gasteiger partial charge is 0.119 e. The second-order valence-electron chi connectivity index (χ2n) is 3.63. The van der Waals surface area contributed by atoms with E-state index in [4.69, 9.17) is 9.15 Å². The highest BCUT2D eigenvalue weighted by molar-refractivity contribution is 5.29. The van der Waals surface area contributed by atoms with Gasteiger partial charge in [-0.05, 0) is 23.8 Å². The number of hydrogen-bond donors (Lipinski definition) is 1. The molecule has 3 heteroatoms. The molecule has 2 rings (SSSR count). The Hall–Kier alpha value is -1.74. The van der Waals surface area contributed by atoms with E-state index in [0.717, 1.165) is 16.9 Å². The molecule has 0 aliphatic carbocycles. The first-order valence-corrected chi connectivity index (χ1v) is 5.12. The molecule has 1 atom stereocenters. The van der Waals surface area contributed by atoms with Crippen LogP contribution in [0.3, 0.4) is 0 Å². The van der Waals surface area contributed by atoms with E-state index in [-0.39, 0.29) is 0 Å². The third kappa shape index (κ3) is 2.44. The zero-order valence-electron chi connectivity index (χ0n) is 9.09. The monoisotopic (exact) mass is 218 g/mol. The Kier molecular flexibility index (Phi) is 3.27. The maximum absolute atomic E-state index is 9.93. The van der Waals surface area contributed by atoms with Crippen molar-refractivity contribution >= 4 is 0 Å². The molecule has 0 saturated carbocycles. The van der Waals surface area contributed by atoms with Crippen molar-refractivity contribution in [3.8, 4) is 5.75 Å². The summed E-state index contributed by atoms with van der Waals surface area (Å²) < 4.78 is 10.1. The third-order valence-corrected chi connectivity index (χ3v) is 2.49. The van der Waals surface area contributed by atoms with Crippen LogP contribution < -0.4 is 4.74 Å². The van der Waals surface area contributed by atoms with Crippen molar-refractivity contribution in [3.63, 3.8) is 0 Å². The minimum atomic E-state index is -0.536. The zero-order valence-corrected chi connectivity index (χ0v) is 9.09. The maximum atomic E-state index is 9.93. The van der Waals surface area contributed by atoms with E-state index in [1.807, 2.05) is 24.3 Å². The molecular weight excluding hydrogens is 204 g/mol. The van der Waals surface area contributed by atoms with Crippen LogP contribution in [0.25, 0.3) is 0 Å². The first kappa shape index (κ1) is 10.8. The van der Waals surface area contributed by atoms with Gasteiger partial charge in [0.05, 0.1) is 25.7 Å². The van der Waals surface area contributed by atoms with Crippen molar-refractivity contribution in [2.24, 2.45) is 0 Å². The largest absolute Gasteiger partial charge is 0.497 e. The molecule has 0 saturated heterocycles. The summed E-state index contributed by atoms with van der Waals surface area (Å²) in [6.45, 7) is 0. The minimum Gasteiger partial charge on any atom is -0.497 e. The summed E-state index contributed by atoms with van der Waals surface area (Å²) in [5.74, 6) is 0.803. The molecule has 0 radical (unpaired) electrons. The number of rotatable bonds is 4. The summed E-state index contributed by atoms with van der Waals surface area (Å²) in [6, 6.07) is 9.45. The lowest BCUT2D eigenvalue weighted by Gasteiger charge is -2.09. The lowest BCUT2D eigenvalue weighted by atomic mass is 10.0. The van der Waals surface area contributed by atoms with Crippen LogP contribution in [-0.2, 0) is 6.42 Å². The van der Waals surface area contributed by atoms with Gasteiger partial charge in [0.2, 0.25) is 0 Å². The number of furan rings is 1. The summed E-state index contributed by atoms with van der Waals surface area (Å²) >= 11 is 0. The van der Waals surface area contributed by atoms with Crippen LogP contribution in [0.2, 0.25) is 0 Å². The summed E-state index contributed by atoms with van der Waals surface area (Å²) in [7, 11) is 1.63. The molecule has 0 fully saturated rings. The highest BCUT2D eigenvalue weighted by Gasteiger charge is 2.09. The molecule has 1 N–H and O–H groups in total. The summed E-state index contributed by atoms with van der Waals surface area (Å²) in [5.41, 5.74) is 1.83. The number of benzene rings is 1. The summed E-state index contributed by atoms with van der Waals surface area (Å²) in [5, 5.41) is 9.93. The Balaban J connectivity index is 2.08. The van der Waals surface area contributed by atoms with E-state index >= 15 is 0 Å². The second kappa shape index (κ2) is 4.86. The van der Waals surface area contributed by atoms with Crippen LogP contribution in [-0.4, -0.2) is 12.2 Å². The van der Waals surface area contributed by atoms with Crippen LogP contribution in [0.1, 0.15) is 17.2 Å². The molecule has 16 heavy (non-hydrogen) atoms. The van der Waals surface area contributed by atoms with Crippen LogP contribution in [0, 0.1) is 0 Å². The molecular formula is C13H14O3. The highest BCUT2D eigenvalue weighted by atomic mass is 16.5. The first-order chi connectivity index (χ1) is 7.79. The third-order valence-electron chi connectivity index (χ3n) is 2.49. The van der Waals surface area contributed by atoms with Gasteiger partial charge >= 0.3 is 0 Å². The Morgan fingerprint density at radius 1 is 1.38 bits per heavy atom. The molecule has 0 amide bonds. The van der Waals surface area contributed by atoms with Crippen LogP contribution in [0.15, 0.2) is 47.3 Å². The molecule has 0 bridgehead atoms. The Morgan fingerprint density at radius 2 is 2.25 bits per heavy atom. The molecule has 0 aliphatic heterocycles. The van der Waals surface area contributed by atoms with E-state index in [1.54, 1.807) is 25.7 Å². The molecule has 84 valence electrons. The topological polar surface area (TPSA) is 42.6 Å². The van der Waals surface area contributed by atoms with Crippen LogP contribution in [0.4, 0.5) is 0 Å². The van der Waals surface area contributed by atoms with Crippen molar-refractivity contribution in [3.05, 3.63) is 54.0 Å². The van der Waals surface area contributed by atoms with E-state index in [1.165, 1.54) is 0 Å². The normalized spacial score (nSPS) is 12.4. The van der Waals surface area contributed by atoms with Crippen LogP contribution in [0.5, 0.6) is 5.75 Å². The molecule has 2 aromatic rings. The fourth-order valence-electron chi connectivity index (χ4n) is 1.61. The Bertz CT molecular complexity index is 434. The lowest BCUT2D eigenvalue weighted by molar-refractivity contribution is 0.177. The van der Waals surface area contributed by atoms with E-state index < -0.39 is 6.10 Å². The quantitative estimate of drug-likeness (QED) is 0.857. The van der Waals surface area contributed by atoms with Gasteiger partial charge < -0.3 is 14.3 Å². The lowest BCUT2D eigenvalue weighted by Crippen LogP contribution is -2.00. The second-order valence-corrected chi connectivity index (χ2v) is 3.63. The Morgan fingerprint density at radius 3 is 2.94 bits per heavy atom. The standard InChI is InChI=1S/C13H14O3/c1-15-12-4-2-3-10(7-12)8-13(14)11-5-6-16-9-11/h2-7,9,13-14H,8H2,1H3. The molecule has 1 aromatic heterocycles. The SMILES string of the molecule is COc1cccc(CC(O)c2ccoc2)c1. The van der Waals surface area contributed by atoms with Gasteiger partial charge in [-0.1, -0.05) is 12.1 Å². The zero-order chi connectivity index (χ0) is 11.4. The fourth-order valence-corrected chi connectivity index (χ4v) is 1.61.